The quantitative estimate of drug-likeness (QED) is 0.519. The Kier molecular flexibility index (Phi) is 4.66. The number of hydrogen-bond donors (Lipinski definition) is 2. The first-order valence-electron chi connectivity index (χ1n) is 7.48. The summed E-state index contributed by atoms with van der Waals surface area (Å²) in [6.45, 7) is 4.08. The molecular weight excluding hydrogens is 368 g/mol. The zero-order chi connectivity index (χ0) is 17.1. The standard InChI is InChI=1S/C18H17BrN4O/c1-12-8-14(13(2)23(12)16-6-4-3-5-7-16)10-21-22-18(24)17-9-15(19)11-20-17/h3-11,20H,1-2H3,(H,22,24)/b21-10-. The lowest BCUT2D eigenvalue weighted by Crippen LogP contribution is -2.17. The zero-order valence-electron chi connectivity index (χ0n) is 13.4. The molecule has 0 unspecified atom stereocenters. The maximum absolute atomic E-state index is 11.9. The van der Waals surface area contributed by atoms with E-state index in [4.69, 9.17) is 0 Å². The summed E-state index contributed by atoms with van der Waals surface area (Å²) in [6, 6.07) is 13.9. The minimum Gasteiger partial charge on any atom is -0.356 e. The van der Waals surface area contributed by atoms with Crippen LogP contribution in [0.2, 0.25) is 0 Å². The van der Waals surface area contributed by atoms with Gasteiger partial charge in [0.1, 0.15) is 5.69 Å². The molecule has 0 bridgehead atoms. The maximum Gasteiger partial charge on any atom is 0.287 e. The lowest BCUT2D eigenvalue weighted by Gasteiger charge is -2.08. The van der Waals surface area contributed by atoms with Crippen molar-refractivity contribution in [2.24, 2.45) is 5.10 Å². The van der Waals surface area contributed by atoms with Gasteiger partial charge >= 0.3 is 0 Å². The molecule has 0 fully saturated rings. The maximum atomic E-state index is 11.9. The molecule has 122 valence electrons. The van der Waals surface area contributed by atoms with Crippen LogP contribution in [0.15, 0.2) is 58.2 Å². The first kappa shape index (κ1) is 16.3. The molecule has 1 aromatic carbocycles. The van der Waals surface area contributed by atoms with Crippen molar-refractivity contribution in [3.8, 4) is 5.69 Å². The van der Waals surface area contributed by atoms with Gasteiger partial charge in [0.2, 0.25) is 0 Å². The molecule has 6 heteroatoms. The molecule has 1 amide bonds. The Bertz CT molecular complexity index is 893. The van der Waals surface area contributed by atoms with E-state index in [1.807, 2.05) is 38.1 Å². The highest BCUT2D eigenvalue weighted by atomic mass is 79.9. The number of para-hydroxylation sites is 1. The van der Waals surface area contributed by atoms with Crippen molar-refractivity contribution in [3.63, 3.8) is 0 Å². The third-order valence-electron chi connectivity index (χ3n) is 3.75. The number of aryl methyl sites for hydroxylation is 1. The molecule has 24 heavy (non-hydrogen) atoms. The van der Waals surface area contributed by atoms with Gasteiger partial charge in [0.25, 0.3) is 5.91 Å². The monoisotopic (exact) mass is 384 g/mol. The summed E-state index contributed by atoms with van der Waals surface area (Å²) in [5.74, 6) is -0.284. The normalized spacial score (nSPS) is 11.1. The van der Waals surface area contributed by atoms with Crippen molar-refractivity contribution in [1.82, 2.24) is 15.0 Å². The van der Waals surface area contributed by atoms with Gasteiger partial charge in [0.15, 0.2) is 0 Å². The number of hydrogen-bond acceptors (Lipinski definition) is 2. The smallest absolute Gasteiger partial charge is 0.287 e. The van der Waals surface area contributed by atoms with E-state index in [0.717, 1.165) is 27.1 Å². The van der Waals surface area contributed by atoms with Crippen LogP contribution in [-0.2, 0) is 0 Å². The molecule has 0 aliphatic heterocycles. The summed E-state index contributed by atoms with van der Waals surface area (Å²) < 4.78 is 2.98. The largest absolute Gasteiger partial charge is 0.356 e. The number of carbonyl (C=O) groups is 1. The van der Waals surface area contributed by atoms with Crippen LogP contribution in [0.3, 0.4) is 0 Å². The highest BCUT2D eigenvalue weighted by Gasteiger charge is 2.10. The predicted molar refractivity (Wildman–Crippen MR) is 98.8 cm³/mol. The van der Waals surface area contributed by atoms with Crippen molar-refractivity contribution in [2.75, 3.05) is 0 Å². The second kappa shape index (κ2) is 6.88. The molecule has 0 aliphatic carbocycles. The van der Waals surface area contributed by atoms with E-state index in [0.29, 0.717) is 5.69 Å². The molecule has 0 aliphatic rings. The zero-order valence-corrected chi connectivity index (χ0v) is 15.0. The van der Waals surface area contributed by atoms with E-state index in [1.165, 1.54) is 0 Å². The van der Waals surface area contributed by atoms with Gasteiger partial charge < -0.3 is 9.55 Å². The number of H-pyrrole nitrogens is 1. The van der Waals surface area contributed by atoms with E-state index in [1.54, 1.807) is 18.5 Å². The Morgan fingerprint density at radius 2 is 2.00 bits per heavy atom. The van der Waals surface area contributed by atoms with Crippen LogP contribution in [0.5, 0.6) is 0 Å². The number of hydrazone groups is 1. The van der Waals surface area contributed by atoms with E-state index in [2.05, 4.69) is 48.1 Å². The fourth-order valence-corrected chi connectivity index (χ4v) is 2.96. The summed E-state index contributed by atoms with van der Waals surface area (Å²) in [5, 5.41) is 4.06. The van der Waals surface area contributed by atoms with E-state index < -0.39 is 0 Å². The third-order valence-corrected chi connectivity index (χ3v) is 4.20. The van der Waals surface area contributed by atoms with Crippen molar-refractivity contribution in [1.29, 1.82) is 0 Å². The number of nitrogens with one attached hydrogen (secondary N) is 2. The molecule has 0 radical (unpaired) electrons. The van der Waals surface area contributed by atoms with Gasteiger partial charge in [-0.15, -0.1) is 0 Å². The van der Waals surface area contributed by atoms with E-state index in [-0.39, 0.29) is 5.91 Å². The van der Waals surface area contributed by atoms with Crippen LogP contribution in [0.25, 0.3) is 5.69 Å². The first-order chi connectivity index (χ1) is 11.6. The number of carbonyl (C=O) groups excluding carboxylic acids is 1. The molecule has 0 saturated heterocycles. The lowest BCUT2D eigenvalue weighted by atomic mass is 10.2. The fourth-order valence-electron chi connectivity index (χ4n) is 2.61. The predicted octanol–water partition coefficient (Wildman–Crippen LogP) is 3.95. The van der Waals surface area contributed by atoms with Gasteiger partial charge in [-0.2, -0.15) is 5.10 Å². The summed E-state index contributed by atoms with van der Waals surface area (Å²) in [7, 11) is 0. The number of nitrogens with zero attached hydrogens (tertiary/aromatic N) is 2. The average molecular weight is 385 g/mol. The molecule has 2 aromatic heterocycles. The van der Waals surface area contributed by atoms with Crippen molar-refractivity contribution in [2.45, 2.75) is 13.8 Å². The summed E-state index contributed by atoms with van der Waals surface area (Å²) in [6.07, 6.45) is 3.36. The average Bonchev–Trinajstić information content (AvgIpc) is 3.12. The van der Waals surface area contributed by atoms with Crippen LogP contribution in [0.4, 0.5) is 0 Å². The number of amides is 1. The lowest BCUT2D eigenvalue weighted by molar-refractivity contribution is 0.0951. The summed E-state index contributed by atoms with van der Waals surface area (Å²) in [4.78, 5) is 14.8. The van der Waals surface area contributed by atoms with E-state index >= 15 is 0 Å². The number of halogens is 1. The minimum atomic E-state index is -0.284. The third kappa shape index (κ3) is 3.33. The molecule has 5 nitrogen and oxygen atoms in total. The SMILES string of the molecule is Cc1cc(/C=N\NC(=O)c2cc(Br)c[nH]2)c(C)n1-c1ccccc1. The van der Waals surface area contributed by atoms with Crippen LogP contribution in [0.1, 0.15) is 27.4 Å². The Balaban J connectivity index is 1.77. The first-order valence-corrected chi connectivity index (χ1v) is 8.27. The van der Waals surface area contributed by atoms with Crippen LogP contribution < -0.4 is 5.43 Å². The van der Waals surface area contributed by atoms with Crippen LogP contribution >= 0.6 is 15.9 Å². The number of aromatic nitrogens is 2. The second-order valence-corrected chi connectivity index (χ2v) is 6.34. The molecular formula is C18H17BrN4O. The Morgan fingerprint density at radius 3 is 2.67 bits per heavy atom. The molecule has 3 aromatic rings. The van der Waals surface area contributed by atoms with Gasteiger partial charge in [0.05, 0.1) is 6.21 Å². The van der Waals surface area contributed by atoms with Gasteiger partial charge in [-0.25, -0.2) is 5.43 Å². The van der Waals surface area contributed by atoms with Gasteiger partial charge in [-0.3, -0.25) is 4.79 Å². The highest BCUT2D eigenvalue weighted by molar-refractivity contribution is 9.10. The van der Waals surface area contributed by atoms with Crippen molar-refractivity contribution < 1.29 is 4.79 Å². The van der Waals surface area contributed by atoms with Gasteiger partial charge in [0, 0.05) is 33.3 Å². The summed E-state index contributed by atoms with van der Waals surface area (Å²) in [5.41, 5.74) is 7.22. The number of rotatable bonds is 4. The minimum absolute atomic E-state index is 0.284. The molecule has 2 heterocycles. The highest BCUT2D eigenvalue weighted by Crippen LogP contribution is 2.19. The topological polar surface area (TPSA) is 62.2 Å². The van der Waals surface area contributed by atoms with Crippen LogP contribution in [0, 0.1) is 13.8 Å². The molecule has 0 saturated carbocycles. The van der Waals surface area contributed by atoms with Crippen molar-refractivity contribution >= 4 is 28.1 Å². The second-order valence-electron chi connectivity index (χ2n) is 5.43. The molecule has 0 spiro atoms. The number of aromatic amines is 1. The summed E-state index contributed by atoms with van der Waals surface area (Å²) >= 11 is 3.30. The fraction of sp³-hybridized carbons (Fsp3) is 0.111. The Hall–Kier alpha value is -2.60. The van der Waals surface area contributed by atoms with E-state index in [9.17, 15) is 4.79 Å². The van der Waals surface area contributed by atoms with Crippen LogP contribution in [-0.4, -0.2) is 21.7 Å². The Morgan fingerprint density at radius 1 is 1.25 bits per heavy atom. The Labute approximate surface area is 148 Å². The number of benzene rings is 1. The molecule has 2 N–H and O–H groups in total. The van der Waals surface area contributed by atoms with Gasteiger partial charge in [-0.1, -0.05) is 18.2 Å². The van der Waals surface area contributed by atoms with Gasteiger partial charge in [-0.05, 0) is 54.0 Å². The molecule has 0 atom stereocenters. The van der Waals surface area contributed by atoms with Crippen molar-refractivity contribution in [3.05, 3.63) is 75.8 Å². The molecule has 3 rings (SSSR count).